The quantitative estimate of drug-likeness (QED) is 0.538. The normalized spacial score (nSPS) is 16.2. The molecule has 2 heterocycles. The summed E-state index contributed by atoms with van der Waals surface area (Å²) in [7, 11) is 0. The maximum absolute atomic E-state index is 12.7. The van der Waals surface area contributed by atoms with Crippen molar-refractivity contribution in [3.63, 3.8) is 0 Å². The van der Waals surface area contributed by atoms with Gasteiger partial charge in [0.2, 0.25) is 0 Å². The lowest BCUT2D eigenvalue weighted by Gasteiger charge is -2.16. The fourth-order valence-corrected chi connectivity index (χ4v) is 3.21. The number of halogens is 1. The molecular formula is C20H27ClN4O5. The Kier molecular flexibility index (Phi) is 8.44. The molecule has 1 unspecified atom stereocenters. The second-order valence-electron chi connectivity index (χ2n) is 6.71. The van der Waals surface area contributed by atoms with Gasteiger partial charge in [-0.15, -0.1) is 5.10 Å². The zero-order valence-corrected chi connectivity index (χ0v) is 17.9. The minimum Gasteiger partial charge on any atom is -0.489 e. The van der Waals surface area contributed by atoms with Crippen LogP contribution in [0.4, 0.5) is 5.69 Å². The molecule has 1 atom stereocenters. The minimum absolute atomic E-state index is 0.0627. The average Bonchev–Trinajstić information content (AvgIpc) is 3.40. The molecule has 0 spiro atoms. The second kappa shape index (κ2) is 11.3. The predicted octanol–water partition coefficient (Wildman–Crippen LogP) is 3.14. The molecule has 2 aromatic rings. The summed E-state index contributed by atoms with van der Waals surface area (Å²) in [6.45, 7) is 6.28. The van der Waals surface area contributed by atoms with Crippen molar-refractivity contribution in [2.24, 2.45) is 0 Å². The van der Waals surface area contributed by atoms with E-state index in [1.54, 1.807) is 18.2 Å². The number of rotatable bonds is 11. The maximum Gasteiger partial charge on any atom is 0.277 e. The van der Waals surface area contributed by atoms with E-state index in [2.05, 4.69) is 15.6 Å². The zero-order chi connectivity index (χ0) is 21.3. The Labute approximate surface area is 180 Å². The molecule has 10 heteroatoms. The third kappa shape index (κ3) is 6.40. The van der Waals surface area contributed by atoms with Gasteiger partial charge in [-0.25, -0.2) is 4.68 Å². The number of anilines is 1. The summed E-state index contributed by atoms with van der Waals surface area (Å²) in [6.07, 6.45) is 3.14. The summed E-state index contributed by atoms with van der Waals surface area (Å²) < 4.78 is 23.9. The van der Waals surface area contributed by atoms with Crippen molar-refractivity contribution in [2.45, 2.75) is 45.6 Å². The first-order chi connectivity index (χ1) is 14.6. The Morgan fingerprint density at radius 2 is 2.17 bits per heavy atom. The Balaban J connectivity index is 1.63. The fourth-order valence-electron chi connectivity index (χ4n) is 3.04. The molecule has 1 aromatic heterocycles. The van der Waals surface area contributed by atoms with E-state index >= 15 is 0 Å². The Morgan fingerprint density at radius 1 is 1.37 bits per heavy atom. The number of aromatic nitrogens is 3. The summed E-state index contributed by atoms with van der Waals surface area (Å²) in [5.41, 5.74) is 0.619. The number of benzene rings is 1. The SMILES string of the molecule is CCOC(Cn1cc(C(=O)Nc2cc(Cl)ccc2OCC2CCCO2)nn1)OCC. The topological polar surface area (TPSA) is 96.7 Å². The van der Waals surface area contributed by atoms with Crippen LogP contribution in [0.25, 0.3) is 0 Å². The number of carbonyl (C=O) groups excluding carboxylic acids is 1. The van der Waals surface area contributed by atoms with E-state index in [-0.39, 0.29) is 11.8 Å². The van der Waals surface area contributed by atoms with Crippen LogP contribution in [-0.4, -0.2) is 59.7 Å². The molecule has 1 aliphatic heterocycles. The molecule has 0 bridgehead atoms. The molecular weight excluding hydrogens is 412 g/mol. The van der Waals surface area contributed by atoms with Crippen LogP contribution in [0.5, 0.6) is 5.75 Å². The van der Waals surface area contributed by atoms with Crippen LogP contribution in [-0.2, 0) is 20.8 Å². The number of carbonyl (C=O) groups is 1. The van der Waals surface area contributed by atoms with E-state index in [0.717, 1.165) is 19.4 Å². The molecule has 0 saturated carbocycles. The first-order valence-electron chi connectivity index (χ1n) is 10.1. The van der Waals surface area contributed by atoms with Gasteiger partial charge in [0, 0.05) is 24.8 Å². The lowest BCUT2D eigenvalue weighted by atomic mass is 10.2. The van der Waals surface area contributed by atoms with Gasteiger partial charge in [-0.05, 0) is 44.9 Å². The first kappa shape index (κ1) is 22.5. The summed E-state index contributed by atoms with van der Waals surface area (Å²) in [6, 6.07) is 5.06. The van der Waals surface area contributed by atoms with Crippen molar-refractivity contribution in [2.75, 3.05) is 31.7 Å². The Bertz CT molecular complexity index is 819. The van der Waals surface area contributed by atoms with E-state index in [9.17, 15) is 4.79 Å². The van der Waals surface area contributed by atoms with Gasteiger partial charge in [0.1, 0.15) is 12.4 Å². The van der Waals surface area contributed by atoms with Crippen LogP contribution in [0.15, 0.2) is 24.4 Å². The largest absolute Gasteiger partial charge is 0.489 e. The van der Waals surface area contributed by atoms with Crippen LogP contribution >= 0.6 is 11.6 Å². The van der Waals surface area contributed by atoms with Gasteiger partial charge < -0.3 is 24.3 Å². The third-order valence-corrected chi connectivity index (χ3v) is 4.69. The highest BCUT2D eigenvalue weighted by molar-refractivity contribution is 6.31. The number of ether oxygens (including phenoxy) is 4. The van der Waals surface area contributed by atoms with Crippen molar-refractivity contribution >= 4 is 23.2 Å². The molecule has 9 nitrogen and oxygen atoms in total. The Hall–Kier alpha value is -2.20. The number of amides is 1. The molecule has 1 fully saturated rings. The highest BCUT2D eigenvalue weighted by Crippen LogP contribution is 2.29. The summed E-state index contributed by atoms with van der Waals surface area (Å²) in [5.74, 6) is 0.0956. The maximum atomic E-state index is 12.7. The number of hydrogen-bond acceptors (Lipinski definition) is 7. The fraction of sp³-hybridized carbons (Fsp3) is 0.550. The summed E-state index contributed by atoms with van der Waals surface area (Å²) in [4.78, 5) is 12.7. The van der Waals surface area contributed by atoms with Crippen molar-refractivity contribution in [3.05, 3.63) is 35.1 Å². The standard InChI is InChI=1S/C20H27ClN4O5/c1-3-27-19(28-4-2)12-25-11-17(23-24-25)20(26)22-16-10-14(21)7-8-18(16)30-13-15-6-5-9-29-15/h7-8,10-11,15,19H,3-6,9,12-13H2,1-2H3,(H,22,26). The van der Waals surface area contributed by atoms with Crippen molar-refractivity contribution in [3.8, 4) is 5.75 Å². The molecule has 3 rings (SSSR count). The number of nitrogens with zero attached hydrogens (tertiary/aromatic N) is 3. The lowest BCUT2D eigenvalue weighted by molar-refractivity contribution is -0.145. The molecule has 1 saturated heterocycles. The molecule has 0 radical (unpaired) electrons. The monoisotopic (exact) mass is 438 g/mol. The number of nitrogens with one attached hydrogen (secondary N) is 1. The molecule has 1 aliphatic rings. The number of hydrogen-bond donors (Lipinski definition) is 1. The zero-order valence-electron chi connectivity index (χ0n) is 17.2. The first-order valence-corrected chi connectivity index (χ1v) is 10.5. The highest BCUT2D eigenvalue weighted by atomic mass is 35.5. The van der Waals surface area contributed by atoms with Gasteiger partial charge in [-0.3, -0.25) is 4.79 Å². The molecule has 30 heavy (non-hydrogen) atoms. The van der Waals surface area contributed by atoms with Crippen LogP contribution in [0.2, 0.25) is 5.02 Å². The van der Waals surface area contributed by atoms with E-state index in [4.69, 9.17) is 30.5 Å². The summed E-state index contributed by atoms with van der Waals surface area (Å²) >= 11 is 6.10. The lowest BCUT2D eigenvalue weighted by Crippen LogP contribution is -2.24. The molecule has 0 aliphatic carbocycles. The third-order valence-electron chi connectivity index (χ3n) is 4.45. The van der Waals surface area contributed by atoms with E-state index in [1.165, 1.54) is 10.9 Å². The van der Waals surface area contributed by atoms with Crippen LogP contribution < -0.4 is 10.1 Å². The highest BCUT2D eigenvalue weighted by Gasteiger charge is 2.19. The van der Waals surface area contributed by atoms with E-state index in [1.807, 2.05) is 13.8 Å². The van der Waals surface area contributed by atoms with Gasteiger partial charge in [-0.1, -0.05) is 16.8 Å². The Morgan fingerprint density at radius 3 is 2.87 bits per heavy atom. The summed E-state index contributed by atoms with van der Waals surface area (Å²) in [5, 5.41) is 11.2. The second-order valence-corrected chi connectivity index (χ2v) is 7.14. The van der Waals surface area contributed by atoms with Crippen LogP contribution in [0.3, 0.4) is 0 Å². The average molecular weight is 439 g/mol. The van der Waals surface area contributed by atoms with Gasteiger partial charge in [0.15, 0.2) is 12.0 Å². The van der Waals surface area contributed by atoms with Gasteiger partial charge in [-0.2, -0.15) is 0 Å². The van der Waals surface area contributed by atoms with Gasteiger partial charge >= 0.3 is 0 Å². The van der Waals surface area contributed by atoms with Crippen LogP contribution in [0, 0.1) is 0 Å². The van der Waals surface area contributed by atoms with Crippen molar-refractivity contribution in [1.82, 2.24) is 15.0 Å². The van der Waals surface area contributed by atoms with Crippen LogP contribution in [0.1, 0.15) is 37.2 Å². The predicted molar refractivity (Wildman–Crippen MR) is 111 cm³/mol. The minimum atomic E-state index is -0.455. The van der Waals surface area contributed by atoms with E-state index < -0.39 is 12.2 Å². The van der Waals surface area contributed by atoms with Crippen molar-refractivity contribution in [1.29, 1.82) is 0 Å². The molecule has 1 N–H and O–H groups in total. The molecule has 1 amide bonds. The van der Waals surface area contributed by atoms with Gasteiger partial charge in [0.05, 0.1) is 24.5 Å². The smallest absolute Gasteiger partial charge is 0.277 e. The van der Waals surface area contributed by atoms with Gasteiger partial charge in [0.25, 0.3) is 5.91 Å². The molecule has 1 aromatic carbocycles. The van der Waals surface area contributed by atoms with E-state index in [0.29, 0.717) is 42.8 Å². The molecule has 164 valence electrons. The van der Waals surface area contributed by atoms with Crippen molar-refractivity contribution < 1.29 is 23.7 Å².